The second-order valence-electron chi connectivity index (χ2n) is 8.64. The Labute approximate surface area is 169 Å². The molecule has 0 bridgehead atoms. The predicted octanol–water partition coefficient (Wildman–Crippen LogP) is 5.15. The van der Waals surface area contributed by atoms with Crippen molar-refractivity contribution in [2.75, 3.05) is 0 Å². The number of aryl methyl sites for hydroxylation is 1. The third-order valence-corrected chi connectivity index (χ3v) is 6.22. The molecule has 2 amide bonds. The maximum Gasteiger partial charge on any atom is 0.251 e. The van der Waals surface area contributed by atoms with Gasteiger partial charge in [0.1, 0.15) is 0 Å². The topological polar surface area (TPSA) is 58.2 Å². The van der Waals surface area contributed by atoms with Crippen molar-refractivity contribution in [2.24, 2.45) is 0 Å². The summed E-state index contributed by atoms with van der Waals surface area (Å²) in [4.78, 5) is 25.7. The van der Waals surface area contributed by atoms with E-state index in [0.29, 0.717) is 11.1 Å². The number of amides is 2. The molecule has 0 spiro atoms. The molecule has 0 aliphatic heterocycles. The van der Waals surface area contributed by atoms with E-state index in [0.717, 1.165) is 50.5 Å². The highest BCUT2D eigenvalue weighted by atomic mass is 16.2. The van der Waals surface area contributed by atoms with Gasteiger partial charge in [-0.3, -0.25) is 9.59 Å². The minimum absolute atomic E-state index is 0.0306. The van der Waals surface area contributed by atoms with Crippen LogP contribution in [0.1, 0.15) is 110 Å². The van der Waals surface area contributed by atoms with Crippen molar-refractivity contribution in [3.8, 4) is 0 Å². The van der Waals surface area contributed by atoms with Crippen LogP contribution in [-0.4, -0.2) is 23.9 Å². The van der Waals surface area contributed by atoms with E-state index in [1.165, 1.54) is 38.5 Å². The van der Waals surface area contributed by atoms with Crippen molar-refractivity contribution in [3.63, 3.8) is 0 Å². The van der Waals surface area contributed by atoms with Gasteiger partial charge in [0.25, 0.3) is 11.8 Å². The molecule has 0 aromatic heterocycles. The Morgan fingerprint density at radius 3 is 1.68 bits per heavy atom. The molecule has 0 unspecified atom stereocenters. The first-order valence-electron chi connectivity index (χ1n) is 11.4. The van der Waals surface area contributed by atoms with Crippen LogP contribution in [-0.2, 0) is 6.42 Å². The largest absolute Gasteiger partial charge is 0.349 e. The van der Waals surface area contributed by atoms with Gasteiger partial charge in [-0.05, 0) is 62.3 Å². The van der Waals surface area contributed by atoms with E-state index in [2.05, 4.69) is 17.6 Å². The van der Waals surface area contributed by atoms with Gasteiger partial charge in [0.2, 0.25) is 0 Å². The first-order valence-corrected chi connectivity index (χ1v) is 11.4. The lowest BCUT2D eigenvalue weighted by Crippen LogP contribution is -2.37. The van der Waals surface area contributed by atoms with Crippen molar-refractivity contribution in [2.45, 2.75) is 102 Å². The molecule has 2 aliphatic carbocycles. The number of benzene rings is 1. The first kappa shape index (κ1) is 20.9. The average molecular weight is 385 g/mol. The molecular weight excluding hydrogens is 348 g/mol. The Hall–Kier alpha value is -1.84. The average Bonchev–Trinajstić information content (AvgIpc) is 2.73. The van der Waals surface area contributed by atoms with Gasteiger partial charge in [-0.15, -0.1) is 0 Å². The zero-order valence-electron chi connectivity index (χ0n) is 17.4. The number of carbonyl (C=O) groups is 2. The summed E-state index contributed by atoms with van der Waals surface area (Å²) in [6.45, 7) is 2.16. The molecule has 2 N–H and O–H groups in total. The highest BCUT2D eigenvalue weighted by Crippen LogP contribution is 2.20. The van der Waals surface area contributed by atoms with E-state index in [1.54, 1.807) is 6.07 Å². The lowest BCUT2D eigenvalue weighted by atomic mass is 9.94. The van der Waals surface area contributed by atoms with E-state index in [1.807, 2.05) is 12.1 Å². The number of carbonyl (C=O) groups excluding carboxylic acids is 2. The van der Waals surface area contributed by atoms with Gasteiger partial charge in [0.15, 0.2) is 0 Å². The summed E-state index contributed by atoms with van der Waals surface area (Å²) in [5.74, 6) is -0.0612. The Balaban J connectivity index is 1.73. The standard InChI is InChI=1S/C24H36N2O2/c1-2-3-10-18-15-19(23(27)25-21-11-6-4-7-12-21)17-20(16-18)24(28)26-22-13-8-5-9-14-22/h15-17,21-22H,2-14H2,1H3,(H,25,27)(H,26,28). The second kappa shape index (κ2) is 10.6. The third-order valence-electron chi connectivity index (χ3n) is 6.22. The van der Waals surface area contributed by atoms with Crippen molar-refractivity contribution in [1.29, 1.82) is 0 Å². The summed E-state index contributed by atoms with van der Waals surface area (Å²) >= 11 is 0. The molecule has 1 aromatic rings. The minimum Gasteiger partial charge on any atom is -0.349 e. The van der Waals surface area contributed by atoms with E-state index in [4.69, 9.17) is 0 Å². The van der Waals surface area contributed by atoms with Crippen molar-refractivity contribution >= 4 is 11.8 Å². The number of hydrogen-bond acceptors (Lipinski definition) is 2. The monoisotopic (exact) mass is 384 g/mol. The molecule has 0 atom stereocenters. The van der Waals surface area contributed by atoms with Gasteiger partial charge < -0.3 is 10.6 Å². The van der Waals surface area contributed by atoms with Gasteiger partial charge in [-0.25, -0.2) is 0 Å². The summed E-state index contributed by atoms with van der Waals surface area (Å²) in [5.41, 5.74) is 2.35. The van der Waals surface area contributed by atoms with Crippen molar-refractivity contribution in [3.05, 3.63) is 34.9 Å². The molecular formula is C24H36N2O2. The molecule has 2 fully saturated rings. The fourth-order valence-corrected chi connectivity index (χ4v) is 4.51. The van der Waals surface area contributed by atoms with Crippen LogP contribution in [0.4, 0.5) is 0 Å². The number of hydrogen-bond donors (Lipinski definition) is 2. The molecule has 0 radical (unpaired) electrons. The molecule has 1 aromatic carbocycles. The second-order valence-corrected chi connectivity index (χ2v) is 8.64. The summed E-state index contributed by atoms with van der Waals surface area (Å²) < 4.78 is 0. The number of unbranched alkanes of at least 4 members (excludes halogenated alkanes) is 1. The third kappa shape index (κ3) is 6.08. The molecule has 4 heteroatoms. The van der Waals surface area contributed by atoms with Crippen LogP contribution >= 0.6 is 0 Å². The highest BCUT2D eigenvalue weighted by Gasteiger charge is 2.20. The summed E-state index contributed by atoms with van der Waals surface area (Å²) in [7, 11) is 0. The van der Waals surface area contributed by atoms with Crippen LogP contribution in [0.5, 0.6) is 0 Å². The number of rotatable bonds is 7. The Bertz CT molecular complexity index is 608. The van der Waals surface area contributed by atoms with Gasteiger partial charge in [-0.2, -0.15) is 0 Å². The molecule has 3 rings (SSSR count). The Kier molecular flexibility index (Phi) is 7.93. The SMILES string of the molecule is CCCCc1cc(C(=O)NC2CCCCC2)cc(C(=O)NC2CCCCC2)c1. The molecule has 4 nitrogen and oxygen atoms in total. The molecule has 2 aliphatic rings. The molecule has 28 heavy (non-hydrogen) atoms. The van der Waals surface area contributed by atoms with Crippen LogP contribution in [0, 0.1) is 0 Å². The molecule has 154 valence electrons. The lowest BCUT2D eigenvalue weighted by Gasteiger charge is -2.24. The number of nitrogens with one attached hydrogen (secondary N) is 2. The molecule has 2 saturated carbocycles. The normalized spacial score (nSPS) is 18.6. The quantitative estimate of drug-likeness (QED) is 0.683. The highest BCUT2D eigenvalue weighted by molar-refractivity contribution is 6.00. The Morgan fingerprint density at radius 1 is 0.786 bits per heavy atom. The molecule has 0 saturated heterocycles. The lowest BCUT2D eigenvalue weighted by molar-refractivity contribution is 0.0927. The summed E-state index contributed by atoms with van der Waals surface area (Å²) in [5, 5.41) is 6.39. The van der Waals surface area contributed by atoms with E-state index in [-0.39, 0.29) is 23.9 Å². The van der Waals surface area contributed by atoms with Gasteiger partial charge in [0.05, 0.1) is 0 Å². The van der Waals surface area contributed by atoms with E-state index < -0.39 is 0 Å². The molecule has 0 heterocycles. The Morgan fingerprint density at radius 2 is 1.25 bits per heavy atom. The van der Waals surface area contributed by atoms with Crippen LogP contribution in [0.25, 0.3) is 0 Å². The zero-order chi connectivity index (χ0) is 19.8. The van der Waals surface area contributed by atoms with Crippen LogP contribution in [0.3, 0.4) is 0 Å². The fourth-order valence-electron chi connectivity index (χ4n) is 4.51. The minimum atomic E-state index is -0.0306. The van der Waals surface area contributed by atoms with Gasteiger partial charge >= 0.3 is 0 Å². The van der Waals surface area contributed by atoms with Crippen LogP contribution in [0.15, 0.2) is 18.2 Å². The van der Waals surface area contributed by atoms with Crippen molar-refractivity contribution in [1.82, 2.24) is 10.6 Å². The maximum absolute atomic E-state index is 12.9. The summed E-state index contributed by atoms with van der Waals surface area (Å²) in [6.07, 6.45) is 14.6. The fraction of sp³-hybridized carbons (Fsp3) is 0.667. The van der Waals surface area contributed by atoms with Gasteiger partial charge in [0, 0.05) is 23.2 Å². The van der Waals surface area contributed by atoms with E-state index >= 15 is 0 Å². The van der Waals surface area contributed by atoms with Crippen LogP contribution in [0.2, 0.25) is 0 Å². The van der Waals surface area contributed by atoms with E-state index in [9.17, 15) is 9.59 Å². The van der Waals surface area contributed by atoms with Crippen LogP contribution < -0.4 is 10.6 Å². The summed E-state index contributed by atoms with van der Waals surface area (Å²) in [6, 6.07) is 6.29. The first-order chi connectivity index (χ1) is 13.7. The zero-order valence-corrected chi connectivity index (χ0v) is 17.4. The smallest absolute Gasteiger partial charge is 0.251 e. The van der Waals surface area contributed by atoms with Gasteiger partial charge in [-0.1, -0.05) is 51.9 Å². The maximum atomic E-state index is 12.9. The van der Waals surface area contributed by atoms with Crippen molar-refractivity contribution < 1.29 is 9.59 Å². The predicted molar refractivity (Wildman–Crippen MR) is 114 cm³/mol.